The maximum absolute atomic E-state index is 12.1. The lowest BCUT2D eigenvalue weighted by Crippen LogP contribution is -2.39. The SMILES string of the molecule is CCOc1ccc([C@H](COC)NC(=O)NCc2cc(C)[nH]n2)cc1. The van der Waals surface area contributed by atoms with Crippen LogP contribution in [0.25, 0.3) is 0 Å². The second kappa shape index (κ2) is 8.93. The highest BCUT2D eigenvalue weighted by Crippen LogP contribution is 2.18. The minimum atomic E-state index is -0.272. The first-order valence-corrected chi connectivity index (χ1v) is 7.89. The Hall–Kier alpha value is -2.54. The van der Waals surface area contributed by atoms with Crippen molar-refractivity contribution in [3.63, 3.8) is 0 Å². The van der Waals surface area contributed by atoms with Gasteiger partial charge in [-0.3, -0.25) is 5.10 Å². The first-order chi connectivity index (χ1) is 11.6. The number of H-pyrrole nitrogens is 1. The van der Waals surface area contributed by atoms with E-state index in [1.165, 1.54) is 0 Å². The molecule has 0 bridgehead atoms. The van der Waals surface area contributed by atoms with E-state index in [1.807, 2.05) is 44.2 Å². The van der Waals surface area contributed by atoms with Crippen molar-refractivity contribution < 1.29 is 14.3 Å². The standard InChI is InChI=1S/C17H24N4O3/c1-4-24-15-7-5-13(6-8-15)16(11-23-3)19-17(22)18-10-14-9-12(2)20-21-14/h5-9,16H,4,10-11H2,1-3H3,(H,20,21)(H2,18,19,22)/t16-/m0/s1. The van der Waals surface area contributed by atoms with Crippen LogP contribution in [0.2, 0.25) is 0 Å². The van der Waals surface area contributed by atoms with Crippen LogP contribution < -0.4 is 15.4 Å². The van der Waals surface area contributed by atoms with Crippen molar-refractivity contribution in [2.75, 3.05) is 20.3 Å². The van der Waals surface area contributed by atoms with Crippen LogP contribution in [0.4, 0.5) is 4.79 Å². The summed E-state index contributed by atoms with van der Waals surface area (Å²) in [4.78, 5) is 12.1. The summed E-state index contributed by atoms with van der Waals surface area (Å²) in [6.07, 6.45) is 0. The van der Waals surface area contributed by atoms with E-state index in [0.29, 0.717) is 19.8 Å². The molecule has 7 nitrogen and oxygen atoms in total. The number of aromatic nitrogens is 2. The van der Waals surface area contributed by atoms with Gasteiger partial charge < -0.3 is 20.1 Å². The average molecular weight is 332 g/mol. The fourth-order valence-corrected chi connectivity index (χ4v) is 2.30. The first kappa shape index (κ1) is 17.8. The van der Waals surface area contributed by atoms with Crippen LogP contribution in [0.15, 0.2) is 30.3 Å². The molecule has 1 aromatic heterocycles. The number of carbonyl (C=O) groups is 1. The third-order valence-electron chi connectivity index (χ3n) is 3.42. The van der Waals surface area contributed by atoms with Crippen molar-refractivity contribution in [3.8, 4) is 5.75 Å². The smallest absolute Gasteiger partial charge is 0.315 e. The number of aryl methyl sites for hydroxylation is 1. The molecule has 2 rings (SSSR count). The number of amides is 2. The van der Waals surface area contributed by atoms with Gasteiger partial charge in [0.2, 0.25) is 0 Å². The van der Waals surface area contributed by atoms with Gasteiger partial charge in [0.05, 0.1) is 31.5 Å². The number of hydrogen-bond donors (Lipinski definition) is 3. The highest BCUT2D eigenvalue weighted by molar-refractivity contribution is 5.74. The van der Waals surface area contributed by atoms with Crippen LogP contribution in [0, 0.1) is 6.92 Å². The van der Waals surface area contributed by atoms with E-state index >= 15 is 0 Å². The summed E-state index contributed by atoms with van der Waals surface area (Å²) in [5.41, 5.74) is 2.69. The summed E-state index contributed by atoms with van der Waals surface area (Å²) in [5.74, 6) is 0.802. The molecular weight excluding hydrogens is 308 g/mol. The predicted molar refractivity (Wildman–Crippen MR) is 90.9 cm³/mol. The number of nitrogens with one attached hydrogen (secondary N) is 3. The van der Waals surface area contributed by atoms with Gasteiger partial charge in [-0.05, 0) is 37.6 Å². The molecule has 1 aromatic carbocycles. The number of urea groups is 1. The lowest BCUT2D eigenvalue weighted by atomic mass is 10.1. The average Bonchev–Trinajstić information content (AvgIpc) is 2.99. The van der Waals surface area contributed by atoms with E-state index in [-0.39, 0.29) is 12.1 Å². The molecule has 2 amide bonds. The highest BCUT2D eigenvalue weighted by atomic mass is 16.5. The Morgan fingerprint density at radius 3 is 2.67 bits per heavy atom. The van der Waals surface area contributed by atoms with Gasteiger partial charge in [0.1, 0.15) is 5.75 Å². The minimum absolute atomic E-state index is 0.244. The number of methoxy groups -OCH3 is 1. The topological polar surface area (TPSA) is 88.3 Å². The van der Waals surface area contributed by atoms with Crippen molar-refractivity contribution in [2.24, 2.45) is 0 Å². The quantitative estimate of drug-likeness (QED) is 0.692. The van der Waals surface area contributed by atoms with Gasteiger partial charge in [-0.1, -0.05) is 12.1 Å². The van der Waals surface area contributed by atoms with E-state index in [2.05, 4.69) is 20.8 Å². The van der Waals surface area contributed by atoms with Crippen molar-refractivity contribution >= 4 is 6.03 Å². The highest BCUT2D eigenvalue weighted by Gasteiger charge is 2.14. The van der Waals surface area contributed by atoms with Crippen LogP contribution in [0.1, 0.15) is 29.9 Å². The molecule has 0 unspecified atom stereocenters. The Morgan fingerprint density at radius 2 is 2.08 bits per heavy atom. The third kappa shape index (κ3) is 5.27. The molecule has 1 atom stereocenters. The van der Waals surface area contributed by atoms with E-state index in [4.69, 9.17) is 9.47 Å². The van der Waals surface area contributed by atoms with Gasteiger partial charge in [0.15, 0.2) is 0 Å². The maximum Gasteiger partial charge on any atom is 0.315 e. The first-order valence-electron chi connectivity index (χ1n) is 7.89. The van der Waals surface area contributed by atoms with Crippen molar-refractivity contribution in [1.29, 1.82) is 0 Å². The maximum atomic E-state index is 12.1. The molecule has 0 fully saturated rings. The summed E-state index contributed by atoms with van der Waals surface area (Å²) < 4.78 is 10.6. The molecule has 0 aliphatic carbocycles. The van der Waals surface area contributed by atoms with E-state index in [9.17, 15) is 4.79 Å². The van der Waals surface area contributed by atoms with Crippen molar-refractivity contribution in [1.82, 2.24) is 20.8 Å². The zero-order valence-corrected chi connectivity index (χ0v) is 14.3. The largest absolute Gasteiger partial charge is 0.494 e. The Morgan fingerprint density at radius 1 is 1.33 bits per heavy atom. The van der Waals surface area contributed by atoms with Crippen LogP contribution in [-0.2, 0) is 11.3 Å². The normalized spacial score (nSPS) is 11.8. The van der Waals surface area contributed by atoms with E-state index < -0.39 is 0 Å². The Kier molecular flexibility index (Phi) is 6.62. The summed E-state index contributed by atoms with van der Waals surface area (Å²) in [6.45, 7) is 5.21. The fourth-order valence-electron chi connectivity index (χ4n) is 2.30. The summed E-state index contributed by atoms with van der Waals surface area (Å²) in [7, 11) is 1.60. The monoisotopic (exact) mass is 332 g/mol. The molecule has 0 radical (unpaired) electrons. The lowest BCUT2D eigenvalue weighted by molar-refractivity contribution is 0.166. The third-order valence-corrected chi connectivity index (χ3v) is 3.42. The molecule has 0 saturated carbocycles. The Balaban J connectivity index is 1.92. The molecule has 24 heavy (non-hydrogen) atoms. The molecule has 3 N–H and O–H groups in total. The molecule has 7 heteroatoms. The molecule has 2 aromatic rings. The summed E-state index contributed by atoms with van der Waals surface area (Å²) in [5, 5.41) is 12.6. The van der Waals surface area contributed by atoms with Gasteiger partial charge in [0.25, 0.3) is 0 Å². The van der Waals surface area contributed by atoms with Gasteiger partial charge in [-0.25, -0.2) is 4.79 Å². The molecular formula is C17H24N4O3. The molecule has 1 heterocycles. The minimum Gasteiger partial charge on any atom is -0.494 e. The van der Waals surface area contributed by atoms with E-state index in [1.54, 1.807) is 7.11 Å². The van der Waals surface area contributed by atoms with Gasteiger partial charge >= 0.3 is 6.03 Å². The molecule has 0 saturated heterocycles. The second-order valence-corrected chi connectivity index (χ2v) is 5.38. The van der Waals surface area contributed by atoms with Gasteiger partial charge in [0, 0.05) is 12.8 Å². The number of aromatic amines is 1. The molecule has 0 spiro atoms. The fraction of sp³-hybridized carbons (Fsp3) is 0.412. The number of hydrogen-bond acceptors (Lipinski definition) is 4. The van der Waals surface area contributed by atoms with Crippen molar-refractivity contribution in [2.45, 2.75) is 26.4 Å². The number of nitrogens with zero attached hydrogens (tertiary/aromatic N) is 1. The summed E-state index contributed by atoms with van der Waals surface area (Å²) in [6, 6.07) is 8.98. The second-order valence-electron chi connectivity index (χ2n) is 5.38. The van der Waals surface area contributed by atoms with Crippen LogP contribution in [0.3, 0.4) is 0 Å². The van der Waals surface area contributed by atoms with E-state index in [0.717, 1.165) is 22.7 Å². The number of carbonyl (C=O) groups excluding carboxylic acids is 1. The summed E-state index contributed by atoms with van der Waals surface area (Å²) >= 11 is 0. The Bertz CT molecular complexity index is 640. The molecule has 0 aliphatic heterocycles. The van der Waals surface area contributed by atoms with Crippen LogP contribution in [0.5, 0.6) is 5.75 Å². The zero-order chi connectivity index (χ0) is 17.4. The van der Waals surface area contributed by atoms with Gasteiger partial charge in [-0.2, -0.15) is 5.10 Å². The van der Waals surface area contributed by atoms with Crippen LogP contribution >= 0.6 is 0 Å². The van der Waals surface area contributed by atoms with Crippen molar-refractivity contribution in [3.05, 3.63) is 47.3 Å². The lowest BCUT2D eigenvalue weighted by Gasteiger charge is -2.19. The van der Waals surface area contributed by atoms with Gasteiger partial charge in [-0.15, -0.1) is 0 Å². The zero-order valence-electron chi connectivity index (χ0n) is 14.3. The number of benzene rings is 1. The predicted octanol–water partition coefficient (Wildman–Crippen LogP) is 2.30. The molecule has 130 valence electrons. The molecule has 0 aliphatic rings. The number of rotatable bonds is 8. The Labute approximate surface area is 141 Å². The van der Waals surface area contributed by atoms with Crippen LogP contribution in [-0.4, -0.2) is 36.6 Å². The number of ether oxygens (including phenoxy) is 2.